The van der Waals surface area contributed by atoms with Gasteiger partial charge >= 0.3 is 5.97 Å². The predicted octanol–water partition coefficient (Wildman–Crippen LogP) is 2.81. The zero-order chi connectivity index (χ0) is 13.2. The molecule has 1 aromatic rings. The van der Waals surface area contributed by atoms with E-state index in [1.807, 2.05) is 13.0 Å². The number of rotatable bonds is 3. The lowest BCUT2D eigenvalue weighted by molar-refractivity contribution is -0.151. The third kappa shape index (κ3) is 2.85. The van der Waals surface area contributed by atoms with Crippen LogP contribution in [0.5, 0.6) is 0 Å². The van der Waals surface area contributed by atoms with Crippen LogP contribution in [0.2, 0.25) is 0 Å². The maximum absolute atomic E-state index is 11.8. The van der Waals surface area contributed by atoms with E-state index in [1.54, 1.807) is 12.1 Å². The summed E-state index contributed by atoms with van der Waals surface area (Å²) >= 11 is 3.35. The van der Waals surface area contributed by atoms with Crippen LogP contribution in [0.3, 0.4) is 0 Å². The molecule has 0 aliphatic rings. The summed E-state index contributed by atoms with van der Waals surface area (Å²) in [6.07, 6.45) is 0. The number of anilines is 1. The molecule has 0 aliphatic heterocycles. The second-order valence-corrected chi connectivity index (χ2v) is 5.15. The van der Waals surface area contributed by atoms with E-state index in [0.29, 0.717) is 5.69 Å². The molecule has 1 amide bonds. The first-order valence-corrected chi connectivity index (χ1v) is 5.86. The van der Waals surface area contributed by atoms with Crippen molar-refractivity contribution in [1.82, 2.24) is 0 Å². The summed E-state index contributed by atoms with van der Waals surface area (Å²) < 4.78 is 0.864. The highest BCUT2D eigenvalue weighted by Gasteiger charge is 2.36. The first-order chi connectivity index (χ1) is 7.76. The monoisotopic (exact) mass is 299 g/mol. The fraction of sp³-hybridized carbons (Fsp3) is 0.333. The van der Waals surface area contributed by atoms with Crippen LogP contribution in [-0.2, 0) is 9.59 Å². The third-order valence-electron chi connectivity index (χ3n) is 2.62. The van der Waals surface area contributed by atoms with Crippen molar-refractivity contribution in [3.63, 3.8) is 0 Å². The Balaban J connectivity index is 2.97. The van der Waals surface area contributed by atoms with E-state index in [-0.39, 0.29) is 0 Å². The summed E-state index contributed by atoms with van der Waals surface area (Å²) in [5.41, 5.74) is 0.0233. The van der Waals surface area contributed by atoms with E-state index in [4.69, 9.17) is 5.11 Å². The standard InChI is InChI=1S/C12H14BrNO3/c1-7-8(13)5-4-6-9(7)14-10(15)12(2,3)11(16)17/h4-6H,1-3H3,(H,14,15)(H,16,17). The van der Waals surface area contributed by atoms with Gasteiger partial charge in [0, 0.05) is 10.2 Å². The van der Waals surface area contributed by atoms with Gasteiger partial charge in [0.05, 0.1) is 0 Å². The van der Waals surface area contributed by atoms with E-state index < -0.39 is 17.3 Å². The summed E-state index contributed by atoms with van der Waals surface area (Å²) in [6.45, 7) is 4.59. The molecule has 0 saturated heterocycles. The van der Waals surface area contributed by atoms with E-state index >= 15 is 0 Å². The second-order valence-electron chi connectivity index (χ2n) is 4.30. The molecule has 0 saturated carbocycles. The van der Waals surface area contributed by atoms with Crippen molar-refractivity contribution in [2.45, 2.75) is 20.8 Å². The Kier molecular flexibility index (Phi) is 3.93. The minimum Gasteiger partial charge on any atom is -0.480 e. The molecule has 0 aromatic heterocycles. The lowest BCUT2D eigenvalue weighted by Gasteiger charge is -2.19. The Morgan fingerprint density at radius 2 is 1.94 bits per heavy atom. The smallest absolute Gasteiger partial charge is 0.318 e. The van der Waals surface area contributed by atoms with Crippen LogP contribution in [0.25, 0.3) is 0 Å². The number of carbonyl (C=O) groups excluding carboxylic acids is 1. The van der Waals surface area contributed by atoms with Crippen molar-refractivity contribution in [1.29, 1.82) is 0 Å². The molecule has 2 N–H and O–H groups in total. The van der Waals surface area contributed by atoms with Crippen LogP contribution in [0.1, 0.15) is 19.4 Å². The van der Waals surface area contributed by atoms with Gasteiger partial charge in [0.1, 0.15) is 5.41 Å². The molecular weight excluding hydrogens is 286 g/mol. The van der Waals surface area contributed by atoms with Gasteiger partial charge in [-0.25, -0.2) is 0 Å². The van der Waals surface area contributed by atoms with Gasteiger partial charge in [0.2, 0.25) is 5.91 Å². The van der Waals surface area contributed by atoms with Gasteiger partial charge in [-0.1, -0.05) is 22.0 Å². The number of carboxylic acid groups (broad SMARTS) is 1. The fourth-order valence-corrected chi connectivity index (χ4v) is 1.48. The lowest BCUT2D eigenvalue weighted by Crippen LogP contribution is -2.38. The number of hydrogen-bond acceptors (Lipinski definition) is 2. The van der Waals surface area contributed by atoms with Crippen molar-refractivity contribution in [3.8, 4) is 0 Å². The average Bonchev–Trinajstić information content (AvgIpc) is 2.24. The summed E-state index contributed by atoms with van der Waals surface area (Å²) in [6, 6.07) is 5.36. The molecule has 1 rings (SSSR count). The first kappa shape index (κ1) is 13.7. The average molecular weight is 300 g/mol. The van der Waals surface area contributed by atoms with Gasteiger partial charge in [0.15, 0.2) is 0 Å². The molecule has 0 atom stereocenters. The van der Waals surface area contributed by atoms with Crippen LogP contribution in [0, 0.1) is 12.3 Å². The Hall–Kier alpha value is -1.36. The number of nitrogens with one attached hydrogen (secondary N) is 1. The third-order valence-corrected chi connectivity index (χ3v) is 3.48. The topological polar surface area (TPSA) is 66.4 Å². The Morgan fingerprint density at radius 1 is 1.35 bits per heavy atom. The quantitative estimate of drug-likeness (QED) is 0.844. The highest BCUT2D eigenvalue weighted by atomic mass is 79.9. The highest BCUT2D eigenvalue weighted by Crippen LogP contribution is 2.25. The lowest BCUT2D eigenvalue weighted by atomic mass is 9.92. The summed E-state index contributed by atoms with van der Waals surface area (Å²) in [5, 5.41) is 11.6. The van der Waals surface area contributed by atoms with Crippen molar-refractivity contribution >= 4 is 33.5 Å². The normalized spacial score (nSPS) is 11.1. The Bertz CT molecular complexity index is 469. The van der Waals surface area contributed by atoms with Gasteiger partial charge in [-0.15, -0.1) is 0 Å². The summed E-state index contributed by atoms with van der Waals surface area (Å²) in [4.78, 5) is 22.8. The molecule has 0 fully saturated rings. The van der Waals surface area contributed by atoms with Crippen molar-refractivity contribution < 1.29 is 14.7 Å². The molecule has 0 aliphatic carbocycles. The number of carbonyl (C=O) groups is 2. The number of amides is 1. The highest BCUT2D eigenvalue weighted by molar-refractivity contribution is 9.10. The molecule has 0 spiro atoms. The van der Waals surface area contributed by atoms with Gasteiger partial charge in [-0.3, -0.25) is 9.59 Å². The van der Waals surface area contributed by atoms with Gasteiger partial charge < -0.3 is 10.4 Å². The molecule has 17 heavy (non-hydrogen) atoms. The van der Waals surface area contributed by atoms with Crippen LogP contribution >= 0.6 is 15.9 Å². The molecule has 1 aromatic carbocycles. The molecule has 0 unspecified atom stereocenters. The number of halogens is 1. The van der Waals surface area contributed by atoms with E-state index in [0.717, 1.165) is 10.0 Å². The minimum atomic E-state index is -1.45. The van der Waals surface area contributed by atoms with Crippen LogP contribution in [-0.4, -0.2) is 17.0 Å². The zero-order valence-corrected chi connectivity index (χ0v) is 11.5. The molecule has 5 heteroatoms. The second kappa shape index (κ2) is 4.87. The molecule has 0 radical (unpaired) electrons. The number of carboxylic acids is 1. The minimum absolute atomic E-state index is 0.536. The number of benzene rings is 1. The Morgan fingerprint density at radius 3 is 2.47 bits per heavy atom. The summed E-state index contributed by atoms with van der Waals surface area (Å²) in [7, 11) is 0. The van der Waals surface area contributed by atoms with Gasteiger partial charge in [-0.2, -0.15) is 0 Å². The van der Waals surface area contributed by atoms with E-state index in [9.17, 15) is 9.59 Å². The fourth-order valence-electron chi connectivity index (χ4n) is 1.12. The SMILES string of the molecule is Cc1c(Br)cccc1NC(=O)C(C)(C)C(=O)O. The molecule has 0 heterocycles. The first-order valence-electron chi connectivity index (χ1n) is 5.06. The van der Waals surface area contributed by atoms with Crippen molar-refractivity contribution in [2.75, 3.05) is 5.32 Å². The summed E-state index contributed by atoms with van der Waals surface area (Å²) in [5.74, 6) is -1.69. The predicted molar refractivity (Wildman–Crippen MR) is 68.9 cm³/mol. The Labute approximate surface area is 108 Å². The zero-order valence-electron chi connectivity index (χ0n) is 9.87. The maximum atomic E-state index is 11.8. The van der Waals surface area contributed by atoms with Crippen LogP contribution in [0.15, 0.2) is 22.7 Å². The molecular formula is C12H14BrNO3. The molecule has 0 bridgehead atoms. The van der Waals surface area contributed by atoms with Crippen LogP contribution in [0.4, 0.5) is 5.69 Å². The molecule has 92 valence electrons. The number of aliphatic carboxylic acids is 1. The maximum Gasteiger partial charge on any atom is 0.318 e. The van der Waals surface area contributed by atoms with Crippen molar-refractivity contribution in [3.05, 3.63) is 28.2 Å². The number of hydrogen-bond donors (Lipinski definition) is 2. The van der Waals surface area contributed by atoms with E-state index in [2.05, 4.69) is 21.2 Å². The van der Waals surface area contributed by atoms with Gasteiger partial charge in [0.25, 0.3) is 0 Å². The van der Waals surface area contributed by atoms with Crippen LogP contribution < -0.4 is 5.32 Å². The van der Waals surface area contributed by atoms with E-state index in [1.165, 1.54) is 13.8 Å². The van der Waals surface area contributed by atoms with Crippen molar-refractivity contribution in [2.24, 2.45) is 5.41 Å². The van der Waals surface area contributed by atoms with Gasteiger partial charge in [-0.05, 0) is 38.5 Å². The molecule has 4 nitrogen and oxygen atoms in total. The largest absolute Gasteiger partial charge is 0.480 e.